The summed E-state index contributed by atoms with van der Waals surface area (Å²) in [6.07, 6.45) is 0.986. The Morgan fingerprint density at radius 2 is 1.96 bits per heavy atom. The van der Waals surface area contributed by atoms with Gasteiger partial charge >= 0.3 is 0 Å². The van der Waals surface area contributed by atoms with Gasteiger partial charge in [-0.1, -0.05) is 6.07 Å². The molecular weight excluding hydrogens is 336 g/mol. The minimum atomic E-state index is -0.272. The van der Waals surface area contributed by atoms with Gasteiger partial charge in [-0.15, -0.1) is 0 Å². The molecule has 3 aliphatic heterocycles. The lowest BCUT2D eigenvalue weighted by Gasteiger charge is -2.42. The highest BCUT2D eigenvalue weighted by molar-refractivity contribution is 5.85. The summed E-state index contributed by atoms with van der Waals surface area (Å²) in [4.78, 5) is 29.4. The van der Waals surface area contributed by atoms with Gasteiger partial charge in [0.15, 0.2) is 11.5 Å². The number of benzene rings is 1. The predicted octanol–water partition coefficient (Wildman–Crippen LogP) is 1.57. The van der Waals surface area contributed by atoms with E-state index < -0.39 is 0 Å². The Morgan fingerprint density at radius 1 is 1.19 bits per heavy atom. The van der Waals surface area contributed by atoms with E-state index in [4.69, 9.17) is 14.2 Å². The molecule has 0 spiro atoms. The van der Waals surface area contributed by atoms with Gasteiger partial charge in [-0.05, 0) is 31.0 Å². The van der Waals surface area contributed by atoms with Crippen LogP contribution in [0.5, 0.6) is 11.5 Å². The maximum absolute atomic E-state index is 13.2. The maximum atomic E-state index is 13.2. The lowest BCUT2D eigenvalue weighted by molar-refractivity contribution is -0.150. The number of carbonyl (C=O) groups is 2. The van der Waals surface area contributed by atoms with E-state index in [2.05, 4.69) is 0 Å². The van der Waals surface area contributed by atoms with Crippen LogP contribution in [0.3, 0.4) is 0 Å². The molecule has 2 fully saturated rings. The average molecular weight is 360 g/mol. The number of likely N-dealkylation sites (tertiary alicyclic amines) is 1. The van der Waals surface area contributed by atoms with E-state index >= 15 is 0 Å². The van der Waals surface area contributed by atoms with Gasteiger partial charge in [0, 0.05) is 26.1 Å². The van der Waals surface area contributed by atoms with Crippen LogP contribution in [-0.2, 0) is 14.3 Å². The molecule has 3 heterocycles. The Balaban J connectivity index is 1.67. The maximum Gasteiger partial charge on any atom is 0.231 e. The van der Waals surface area contributed by atoms with Crippen molar-refractivity contribution in [1.29, 1.82) is 0 Å². The van der Waals surface area contributed by atoms with E-state index in [1.54, 1.807) is 0 Å². The Morgan fingerprint density at radius 3 is 2.73 bits per heavy atom. The van der Waals surface area contributed by atoms with E-state index in [0.29, 0.717) is 57.2 Å². The lowest BCUT2D eigenvalue weighted by Crippen LogP contribution is -2.51. The normalized spacial score (nSPS) is 25.5. The molecule has 7 heteroatoms. The standard InChI is InChI=1S/C19H24N2O5/c1-2-21-17(22)6-4-14(19(23)20-7-9-24-10-8-20)18(21)13-3-5-15-16(11-13)26-12-25-15/h3,5,11,14,18H,2,4,6-10,12H2,1H3. The summed E-state index contributed by atoms with van der Waals surface area (Å²) in [5, 5.41) is 0. The number of morpholine rings is 1. The molecule has 1 aromatic carbocycles. The summed E-state index contributed by atoms with van der Waals surface area (Å²) in [6.45, 7) is 5.11. The first-order chi connectivity index (χ1) is 12.7. The van der Waals surface area contributed by atoms with Gasteiger partial charge < -0.3 is 24.0 Å². The van der Waals surface area contributed by atoms with Crippen LogP contribution in [-0.4, -0.2) is 61.3 Å². The fourth-order valence-electron chi connectivity index (χ4n) is 4.11. The number of nitrogens with zero attached hydrogens (tertiary/aromatic N) is 2. The number of hydrogen-bond donors (Lipinski definition) is 0. The van der Waals surface area contributed by atoms with Crippen LogP contribution in [0.1, 0.15) is 31.4 Å². The van der Waals surface area contributed by atoms with Gasteiger partial charge in [0.1, 0.15) is 0 Å². The second kappa shape index (κ2) is 7.15. The lowest BCUT2D eigenvalue weighted by atomic mass is 9.83. The van der Waals surface area contributed by atoms with Crippen molar-refractivity contribution in [3.63, 3.8) is 0 Å². The highest BCUT2D eigenvalue weighted by Crippen LogP contribution is 2.41. The molecule has 0 aliphatic carbocycles. The van der Waals surface area contributed by atoms with Crippen LogP contribution >= 0.6 is 0 Å². The molecule has 7 nitrogen and oxygen atoms in total. The Bertz CT molecular complexity index is 701. The zero-order chi connectivity index (χ0) is 18.1. The fourth-order valence-corrected chi connectivity index (χ4v) is 4.11. The zero-order valence-electron chi connectivity index (χ0n) is 15.0. The van der Waals surface area contributed by atoms with Crippen molar-refractivity contribution >= 4 is 11.8 Å². The second-order valence-electron chi connectivity index (χ2n) is 6.82. The third-order valence-corrected chi connectivity index (χ3v) is 5.43. The SMILES string of the molecule is CCN1C(=O)CCC(C(=O)N2CCOCC2)C1c1ccc2c(c1)OCO2. The monoisotopic (exact) mass is 360 g/mol. The van der Waals surface area contributed by atoms with Crippen molar-refractivity contribution in [3.05, 3.63) is 23.8 Å². The van der Waals surface area contributed by atoms with Gasteiger partial charge in [-0.3, -0.25) is 9.59 Å². The Kier molecular flexibility index (Phi) is 4.72. The Labute approximate surface area is 152 Å². The number of ether oxygens (including phenoxy) is 3. The minimum absolute atomic E-state index is 0.0983. The van der Waals surface area contributed by atoms with Gasteiger partial charge in [-0.25, -0.2) is 0 Å². The largest absolute Gasteiger partial charge is 0.454 e. The van der Waals surface area contributed by atoms with Crippen molar-refractivity contribution in [3.8, 4) is 11.5 Å². The van der Waals surface area contributed by atoms with E-state index in [9.17, 15) is 9.59 Å². The van der Waals surface area contributed by atoms with Crippen molar-refractivity contribution in [2.24, 2.45) is 5.92 Å². The number of piperidine rings is 1. The average Bonchev–Trinajstić information content (AvgIpc) is 3.15. The molecule has 0 radical (unpaired) electrons. The number of carbonyl (C=O) groups excluding carboxylic acids is 2. The molecule has 2 saturated heterocycles. The second-order valence-corrected chi connectivity index (χ2v) is 6.82. The molecule has 0 aromatic heterocycles. The first-order valence-corrected chi connectivity index (χ1v) is 9.24. The molecule has 1 aromatic rings. The highest BCUT2D eigenvalue weighted by Gasteiger charge is 2.42. The van der Waals surface area contributed by atoms with Crippen LogP contribution in [0.15, 0.2) is 18.2 Å². The first-order valence-electron chi connectivity index (χ1n) is 9.24. The van der Waals surface area contributed by atoms with Crippen molar-refractivity contribution in [2.45, 2.75) is 25.8 Å². The van der Waals surface area contributed by atoms with E-state index in [1.165, 1.54) is 0 Å². The quantitative estimate of drug-likeness (QED) is 0.819. The molecule has 2 amide bonds. The van der Waals surface area contributed by atoms with Gasteiger partial charge in [0.25, 0.3) is 0 Å². The summed E-state index contributed by atoms with van der Waals surface area (Å²) in [6, 6.07) is 5.44. The zero-order valence-corrected chi connectivity index (χ0v) is 15.0. The van der Waals surface area contributed by atoms with Crippen molar-refractivity contribution < 1.29 is 23.8 Å². The smallest absolute Gasteiger partial charge is 0.231 e. The van der Waals surface area contributed by atoms with Crippen molar-refractivity contribution in [2.75, 3.05) is 39.6 Å². The van der Waals surface area contributed by atoms with Crippen LogP contribution in [0, 0.1) is 5.92 Å². The number of hydrogen-bond acceptors (Lipinski definition) is 5. The minimum Gasteiger partial charge on any atom is -0.454 e. The summed E-state index contributed by atoms with van der Waals surface area (Å²) < 4.78 is 16.3. The van der Waals surface area contributed by atoms with E-state index in [1.807, 2.05) is 34.9 Å². The highest BCUT2D eigenvalue weighted by atomic mass is 16.7. The first kappa shape index (κ1) is 17.1. The molecule has 0 saturated carbocycles. The molecule has 3 aliphatic rings. The predicted molar refractivity (Wildman–Crippen MR) is 92.8 cm³/mol. The molecule has 2 unspecified atom stereocenters. The summed E-state index contributed by atoms with van der Waals surface area (Å²) in [5.74, 6) is 1.35. The van der Waals surface area contributed by atoms with Gasteiger partial charge in [-0.2, -0.15) is 0 Å². The molecule has 0 N–H and O–H groups in total. The summed E-state index contributed by atoms with van der Waals surface area (Å²) in [7, 11) is 0. The van der Waals surface area contributed by atoms with E-state index in [-0.39, 0.29) is 30.6 Å². The van der Waals surface area contributed by atoms with Crippen LogP contribution in [0.4, 0.5) is 0 Å². The molecular formula is C19H24N2O5. The van der Waals surface area contributed by atoms with Crippen LogP contribution in [0.25, 0.3) is 0 Å². The number of fused-ring (bicyclic) bond motifs is 1. The van der Waals surface area contributed by atoms with Gasteiger partial charge in [0.05, 0.1) is 25.2 Å². The van der Waals surface area contributed by atoms with Crippen LogP contribution < -0.4 is 9.47 Å². The topological polar surface area (TPSA) is 68.3 Å². The fraction of sp³-hybridized carbons (Fsp3) is 0.579. The molecule has 26 heavy (non-hydrogen) atoms. The summed E-state index contributed by atoms with van der Waals surface area (Å²) in [5.41, 5.74) is 0.927. The number of amides is 2. The van der Waals surface area contributed by atoms with Crippen molar-refractivity contribution in [1.82, 2.24) is 9.80 Å². The molecule has 140 valence electrons. The molecule has 2 atom stereocenters. The van der Waals surface area contributed by atoms with Crippen LogP contribution in [0.2, 0.25) is 0 Å². The third-order valence-electron chi connectivity index (χ3n) is 5.43. The Hall–Kier alpha value is -2.28. The molecule has 0 bridgehead atoms. The molecule has 4 rings (SSSR count). The third kappa shape index (κ3) is 3.00. The summed E-state index contributed by atoms with van der Waals surface area (Å²) >= 11 is 0. The van der Waals surface area contributed by atoms with Gasteiger partial charge in [0.2, 0.25) is 18.6 Å². The number of rotatable bonds is 3. The van der Waals surface area contributed by atoms with E-state index in [0.717, 1.165) is 5.56 Å².